The van der Waals surface area contributed by atoms with Gasteiger partial charge < -0.3 is 14.4 Å². The van der Waals surface area contributed by atoms with Gasteiger partial charge in [-0.2, -0.15) is 5.10 Å². The summed E-state index contributed by atoms with van der Waals surface area (Å²) in [5, 5.41) is 4.54. The molecular formula is C24H27N3O3. The Labute approximate surface area is 177 Å². The first-order chi connectivity index (χ1) is 14.6. The molecule has 0 bridgehead atoms. The Morgan fingerprint density at radius 1 is 1.17 bits per heavy atom. The van der Waals surface area contributed by atoms with E-state index in [2.05, 4.69) is 5.10 Å². The van der Waals surface area contributed by atoms with Gasteiger partial charge in [-0.05, 0) is 55.7 Å². The molecule has 2 aromatic carbocycles. The topological polar surface area (TPSA) is 56.6 Å². The summed E-state index contributed by atoms with van der Waals surface area (Å²) in [5.74, 6) is 1.87. The van der Waals surface area contributed by atoms with Gasteiger partial charge in [0.2, 0.25) is 0 Å². The summed E-state index contributed by atoms with van der Waals surface area (Å²) in [7, 11) is 1.63. The van der Waals surface area contributed by atoms with Crippen LogP contribution in [0.5, 0.6) is 11.5 Å². The van der Waals surface area contributed by atoms with Crippen molar-refractivity contribution in [3.05, 3.63) is 72.1 Å². The molecule has 1 saturated heterocycles. The first-order valence-corrected chi connectivity index (χ1v) is 10.3. The number of aryl methyl sites for hydroxylation is 1. The van der Waals surface area contributed by atoms with Gasteiger partial charge in [0.1, 0.15) is 17.2 Å². The van der Waals surface area contributed by atoms with Crippen molar-refractivity contribution in [3.8, 4) is 17.2 Å². The van der Waals surface area contributed by atoms with Gasteiger partial charge in [0.05, 0.1) is 13.7 Å². The van der Waals surface area contributed by atoms with Crippen molar-refractivity contribution in [1.29, 1.82) is 0 Å². The monoisotopic (exact) mass is 405 g/mol. The Balaban J connectivity index is 1.43. The summed E-state index contributed by atoms with van der Waals surface area (Å²) in [5.41, 5.74) is 2.37. The zero-order valence-corrected chi connectivity index (χ0v) is 17.5. The van der Waals surface area contributed by atoms with Gasteiger partial charge in [-0.1, -0.05) is 24.3 Å². The van der Waals surface area contributed by atoms with Crippen molar-refractivity contribution in [1.82, 2.24) is 14.7 Å². The molecule has 0 aliphatic carbocycles. The molecule has 1 atom stereocenters. The molecule has 4 rings (SSSR count). The summed E-state index contributed by atoms with van der Waals surface area (Å²) < 4.78 is 13.1. The molecule has 6 nitrogen and oxygen atoms in total. The third-order valence-corrected chi connectivity index (χ3v) is 5.42. The lowest BCUT2D eigenvalue weighted by Crippen LogP contribution is -2.41. The number of para-hydroxylation sites is 1. The lowest BCUT2D eigenvalue weighted by molar-refractivity contribution is 0.0627. The number of benzene rings is 2. The minimum Gasteiger partial charge on any atom is -0.494 e. The number of amides is 1. The van der Waals surface area contributed by atoms with E-state index in [1.807, 2.05) is 66.6 Å². The normalized spacial score (nSPS) is 16.3. The minimum absolute atomic E-state index is 0.0372. The lowest BCUT2D eigenvalue weighted by atomic mass is 9.98. The van der Waals surface area contributed by atoms with Crippen LogP contribution in [0.25, 0.3) is 5.69 Å². The van der Waals surface area contributed by atoms with Crippen molar-refractivity contribution in [2.75, 3.05) is 26.8 Å². The summed E-state index contributed by atoms with van der Waals surface area (Å²) >= 11 is 0. The van der Waals surface area contributed by atoms with Gasteiger partial charge in [-0.3, -0.25) is 4.79 Å². The van der Waals surface area contributed by atoms with Crippen molar-refractivity contribution >= 4 is 5.91 Å². The number of ether oxygens (including phenoxy) is 2. The number of piperidine rings is 1. The predicted octanol–water partition coefficient (Wildman–Crippen LogP) is 4.12. The molecule has 0 radical (unpaired) electrons. The van der Waals surface area contributed by atoms with E-state index in [1.54, 1.807) is 17.9 Å². The SMILES string of the molecule is COc1ccc(C)cc1-n1ccc(C(=O)N2CCCC(COc3ccccc3)C2)n1. The predicted molar refractivity (Wildman–Crippen MR) is 115 cm³/mol. The molecule has 1 fully saturated rings. The van der Waals surface area contributed by atoms with Crippen LogP contribution in [0.1, 0.15) is 28.9 Å². The maximum Gasteiger partial charge on any atom is 0.274 e. The Kier molecular flexibility index (Phi) is 6.02. The highest BCUT2D eigenvalue weighted by Crippen LogP contribution is 2.24. The summed E-state index contributed by atoms with van der Waals surface area (Å²) in [6, 6.07) is 17.5. The van der Waals surface area contributed by atoms with Crippen LogP contribution >= 0.6 is 0 Å². The van der Waals surface area contributed by atoms with Crippen molar-refractivity contribution < 1.29 is 14.3 Å². The van der Waals surface area contributed by atoms with Crippen molar-refractivity contribution in [3.63, 3.8) is 0 Å². The first-order valence-electron chi connectivity index (χ1n) is 10.3. The van der Waals surface area contributed by atoms with Crippen LogP contribution in [0.3, 0.4) is 0 Å². The first kappa shape index (κ1) is 20.0. The number of aromatic nitrogens is 2. The van der Waals surface area contributed by atoms with Crippen LogP contribution in [-0.4, -0.2) is 47.4 Å². The third-order valence-electron chi connectivity index (χ3n) is 5.42. The second-order valence-electron chi connectivity index (χ2n) is 7.70. The number of methoxy groups -OCH3 is 1. The number of carbonyl (C=O) groups is 1. The van der Waals surface area contributed by atoms with Crippen LogP contribution in [0.15, 0.2) is 60.8 Å². The Hall–Kier alpha value is -3.28. The molecule has 30 heavy (non-hydrogen) atoms. The van der Waals surface area contributed by atoms with Crippen LogP contribution in [-0.2, 0) is 0 Å². The fraction of sp³-hybridized carbons (Fsp3) is 0.333. The Morgan fingerprint density at radius 2 is 2.00 bits per heavy atom. The quantitative estimate of drug-likeness (QED) is 0.619. The van der Waals surface area contributed by atoms with Gasteiger partial charge in [-0.25, -0.2) is 4.68 Å². The molecule has 156 valence electrons. The summed E-state index contributed by atoms with van der Waals surface area (Å²) in [6.07, 6.45) is 3.84. The standard InChI is InChI=1S/C24H27N3O3/c1-18-10-11-23(29-2)22(15-18)27-14-12-21(25-27)24(28)26-13-6-7-19(16-26)17-30-20-8-4-3-5-9-20/h3-5,8-12,14-15,19H,6-7,13,16-17H2,1-2H3. The van der Waals surface area contributed by atoms with E-state index in [0.29, 0.717) is 24.8 Å². The fourth-order valence-electron chi connectivity index (χ4n) is 3.83. The smallest absolute Gasteiger partial charge is 0.274 e. The number of hydrogen-bond donors (Lipinski definition) is 0. The van der Waals surface area contributed by atoms with E-state index in [9.17, 15) is 4.79 Å². The minimum atomic E-state index is -0.0372. The van der Waals surface area contributed by atoms with Gasteiger partial charge in [0, 0.05) is 25.2 Å². The molecule has 0 saturated carbocycles. The zero-order chi connectivity index (χ0) is 20.9. The average molecular weight is 405 g/mol. The molecule has 2 heterocycles. The largest absolute Gasteiger partial charge is 0.494 e. The van der Waals surface area contributed by atoms with Gasteiger partial charge in [-0.15, -0.1) is 0 Å². The molecule has 1 aliphatic heterocycles. The second-order valence-corrected chi connectivity index (χ2v) is 7.70. The Morgan fingerprint density at radius 3 is 2.80 bits per heavy atom. The molecule has 3 aromatic rings. The number of carbonyl (C=O) groups excluding carboxylic acids is 1. The van der Waals surface area contributed by atoms with Gasteiger partial charge >= 0.3 is 0 Å². The van der Waals surface area contributed by atoms with E-state index < -0.39 is 0 Å². The Bertz CT molecular complexity index is 1000. The highest BCUT2D eigenvalue weighted by molar-refractivity contribution is 5.92. The second kappa shape index (κ2) is 9.03. The van der Waals surface area contributed by atoms with E-state index in [0.717, 1.165) is 42.1 Å². The number of nitrogens with zero attached hydrogens (tertiary/aromatic N) is 3. The summed E-state index contributed by atoms with van der Waals surface area (Å²) in [4.78, 5) is 15.0. The van der Waals surface area contributed by atoms with Crippen LogP contribution < -0.4 is 9.47 Å². The molecule has 1 unspecified atom stereocenters. The zero-order valence-electron chi connectivity index (χ0n) is 17.5. The number of likely N-dealkylation sites (tertiary alicyclic amines) is 1. The summed E-state index contributed by atoms with van der Waals surface area (Å²) in [6.45, 7) is 4.07. The van der Waals surface area contributed by atoms with Gasteiger partial charge in [0.25, 0.3) is 5.91 Å². The van der Waals surface area contributed by atoms with Gasteiger partial charge in [0.15, 0.2) is 5.69 Å². The van der Waals surface area contributed by atoms with Crippen molar-refractivity contribution in [2.24, 2.45) is 5.92 Å². The highest BCUT2D eigenvalue weighted by atomic mass is 16.5. The van der Waals surface area contributed by atoms with Crippen LogP contribution in [0, 0.1) is 12.8 Å². The van der Waals surface area contributed by atoms with E-state index in [1.165, 1.54) is 0 Å². The lowest BCUT2D eigenvalue weighted by Gasteiger charge is -2.32. The van der Waals surface area contributed by atoms with E-state index >= 15 is 0 Å². The van der Waals surface area contributed by atoms with Crippen molar-refractivity contribution in [2.45, 2.75) is 19.8 Å². The van der Waals surface area contributed by atoms with E-state index in [4.69, 9.17) is 9.47 Å². The van der Waals surface area contributed by atoms with Crippen LogP contribution in [0.2, 0.25) is 0 Å². The maximum absolute atomic E-state index is 13.1. The number of hydrogen-bond acceptors (Lipinski definition) is 4. The average Bonchev–Trinajstić information content (AvgIpc) is 3.28. The molecule has 0 N–H and O–H groups in total. The molecule has 1 aromatic heterocycles. The fourth-order valence-corrected chi connectivity index (χ4v) is 3.83. The molecule has 6 heteroatoms. The molecule has 0 spiro atoms. The molecule has 1 aliphatic rings. The van der Waals surface area contributed by atoms with E-state index in [-0.39, 0.29) is 5.91 Å². The number of rotatable bonds is 6. The molecular weight excluding hydrogens is 378 g/mol. The highest BCUT2D eigenvalue weighted by Gasteiger charge is 2.26. The van der Waals surface area contributed by atoms with Crippen LogP contribution in [0.4, 0.5) is 0 Å². The third kappa shape index (κ3) is 4.48. The molecule has 1 amide bonds. The maximum atomic E-state index is 13.1.